The SMILES string of the molecule is O=C([C@H]1CCCN(Cc2ccncc2)C1)N1CCc2ccccc2C1. The van der Waals surface area contributed by atoms with Crippen LogP contribution in [0.5, 0.6) is 0 Å². The van der Waals surface area contributed by atoms with Gasteiger partial charge in [0, 0.05) is 38.6 Å². The van der Waals surface area contributed by atoms with Crippen molar-refractivity contribution in [3.05, 3.63) is 65.5 Å². The topological polar surface area (TPSA) is 36.4 Å². The van der Waals surface area contributed by atoms with E-state index in [1.54, 1.807) is 0 Å². The highest BCUT2D eigenvalue weighted by molar-refractivity contribution is 5.79. The zero-order chi connectivity index (χ0) is 17.1. The molecule has 0 bridgehead atoms. The molecule has 0 spiro atoms. The van der Waals surface area contributed by atoms with Gasteiger partial charge in [0.05, 0.1) is 5.92 Å². The third-order valence-corrected chi connectivity index (χ3v) is 5.45. The molecular formula is C21H25N3O. The maximum absolute atomic E-state index is 13.1. The van der Waals surface area contributed by atoms with Crippen LogP contribution in [-0.2, 0) is 24.3 Å². The number of hydrogen-bond donors (Lipinski definition) is 0. The van der Waals surface area contributed by atoms with Crippen LogP contribution in [-0.4, -0.2) is 40.3 Å². The summed E-state index contributed by atoms with van der Waals surface area (Å²) >= 11 is 0. The van der Waals surface area contributed by atoms with E-state index in [9.17, 15) is 4.79 Å². The molecule has 2 aliphatic rings. The number of carbonyl (C=O) groups excluding carboxylic acids is 1. The van der Waals surface area contributed by atoms with Crippen molar-refractivity contribution in [2.75, 3.05) is 19.6 Å². The Morgan fingerprint density at radius 3 is 2.72 bits per heavy atom. The second-order valence-electron chi connectivity index (χ2n) is 7.21. The molecule has 2 aliphatic heterocycles. The number of pyridine rings is 1. The third kappa shape index (κ3) is 3.74. The quantitative estimate of drug-likeness (QED) is 0.865. The summed E-state index contributed by atoms with van der Waals surface area (Å²) in [5.41, 5.74) is 3.98. The van der Waals surface area contributed by atoms with Crippen LogP contribution in [0.3, 0.4) is 0 Å². The Balaban J connectivity index is 1.39. The van der Waals surface area contributed by atoms with Crippen molar-refractivity contribution in [1.82, 2.24) is 14.8 Å². The van der Waals surface area contributed by atoms with Gasteiger partial charge in [0.2, 0.25) is 5.91 Å². The molecule has 1 fully saturated rings. The molecule has 0 unspecified atom stereocenters. The van der Waals surface area contributed by atoms with E-state index in [1.165, 1.54) is 16.7 Å². The molecule has 0 saturated carbocycles. The van der Waals surface area contributed by atoms with E-state index < -0.39 is 0 Å². The van der Waals surface area contributed by atoms with Crippen LogP contribution in [0.2, 0.25) is 0 Å². The average molecular weight is 335 g/mol. The van der Waals surface area contributed by atoms with Crippen LogP contribution in [0.15, 0.2) is 48.8 Å². The first-order valence-corrected chi connectivity index (χ1v) is 9.26. The Morgan fingerprint density at radius 2 is 1.88 bits per heavy atom. The fourth-order valence-corrected chi connectivity index (χ4v) is 4.09. The van der Waals surface area contributed by atoms with Gasteiger partial charge in [-0.05, 0) is 54.6 Å². The Hall–Kier alpha value is -2.20. The molecule has 25 heavy (non-hydrogen) atoms. The van der Waals surface area contributed by atoms with Crippen molar-refractivity contribution in [3.63, 3.8) is 0 Å². The first kappa shape index (κ1) is 16.3. The summed E-state index contributed by atoms with van der Waals surface area (Å²) < 4.78 is 0. The number of rotatable bonds is 3. The van der Waals surface area contributed by atoms with Crippen LogP contribution in [0.25, 0.3) is 0 Å². The van der Waals surface area contributed by atoms with Gasteiger partial charge in [0.15, 0.2) is 0 Å². The maximum Gasteiger partial charge on any atom is 0.227 e. The molecule has 1 saturated heterocycles. The second-order valence-corrected chi connectivity index (χ2v) is 7.21. The summed E-state index contributed by atoms with van der Waals surface area (Å²) in [6.07, 6.45) is 6.78. The van der Waals surface area contributed by atoms with Crippen LogP contribution >= 0.6 is 0 Å². The molecule has 1 atom stereocenters. The predicted molar refractivity (Wildman–Crippen MR) is 97.8 cm³/mol. The van der Waals surface area contributed by atoms with Crippen LogP contribution in [0, 0.1) is 5.92 Å². The molecule has 3 heterocycles. The molecule has 2 aromatic rings. The van der Waals surface area contributed by atoms with Crippen molar-refractivity contribution in [3.8, 4) is 0 Å². The number of hydrogen-bond acceptors (Lipinski definition) is 3. The fraction of sp³-hybridized carbons (Fsp3) is 0.429. The summed E-state index contributed by atoms with van der Waals surface area (Å²) in [7, 11) is 0. The van der Waals surface area contributed by atoms with Gasteiger partial charge in [-0.1, -0.05) is 24.3 Å². The number of aromatic nitrogens is 1. The van der Waals surface area contributed by atoms with E-state index in [0.29, 0.717) is 5.91 Å². The smallest absolute Gasteiger partial charge is 0.227 e. The largest absolute Gasteiger partial charge is 0.338 e. The zero-order valence-electron chi connectivity index (χ0n) is 14.6. The van der Waals surface area contributed by atoms with Gasteiger partial charge in [-0.15, -0.1) is 0 Å². The third-order valence-electron chi connectivity index (χ3n) is 5.45. The van der Waals surface area contributed by atoms with Crippen LogP contribution < -0.4 is 0 Å². The lowest BCUT2D eigenvalue weighted by atomic mass is 9.93. The lowest BCUT2D eigenvalue weighted by Crippen LogP contribution is -2.46. The van der Waals surface area contributed by atoms with E-state index in [4.69, 9.17) is 0 Å². The normalized spacial score (nSPS) is 21.0. The number of benzene rings is 1. The highest BCUT2D eigenvalue weighted by atomic mass is 16.2. The number of fused-ring (bicyclic) bond motifs is 1. The molecule has 1 aromatic carbocycles. The van der Waals surface area contributed by atoms with E-state index in [0.717, 1.165) is 52.0 Å². The molecular weight excluding hydrogens is 310 g/mol. The number of likely N-dealkylation sites (tertiary alicyclic amines) is 1. The summed E-state index contributed by atoms with van der Waals surface area (Å²) in [5, 5.41) is 0. The van der Waals surface area contributed by atoms with Crippen LogP contribution in [0.4, 0.5) is 0 Å². The van der Waals surface area contributed by atoms with Gasteiger partial charge in [0.1, 0.15) is 0 Å². The predicted octanol–water partition coefficient (Wildman–Crippen LogP) is 2.88. The standard InChI is InChI=1S/C21H25N3O/c25-21(24-13-9-18-4-1-2-5-19(18)16-24)20-6-3-12-23(15-20)14-17-7-10-22-11-8-17/h1-2,4-5,7-8,10-11,20H,3,6,9,12-16H2/t20-/m0/s1. The van der Waals surface area contributed by atoms with Gasteiger partial charge in [-0.25, -0.2) is 0 Å². The van der Waals surface area contributed by atoms with Crippen LogP contribution in [0.1, 0.15) is 29.5 Å². The number of amides is 1. The van der Waals surface area contributed by atoms with Crippen molar-refractivity contribution < 1.29 is 4.79 Å². The number of nitrogens with zero attached hydrogens (tertiary/aromatic N) is 3. The number of piperidine rings is 1. The molecule has 0 aliphatic carbocycles. The molecule has 4 nitrogen and oxygen atoms in total. The van der Waals surface area contributed by atoms with E-state index in [1.807, 2.05) is 12.4 Å². The Morgan fingerprint density at radius 1 is 1.08 bits per heavy atom. The summed E-state index contributed by atoms with van der Waals surface area (Å²) in [4.78, 5) is 21.6. The Labute approximate surface area is 149 Å². The van der Waals surface area contributed by atoms with Gasteiger partial charge in [0.25, 0.3) is 0 Å². The van der Waals surface area contributed by atoms with Crippen molar-refractivity contribution >= 4 is 5.91 Å². The first-order chi connectivity index (χ1) is 12.3. The van der Waals surface area contributed by atoms with Crippen molar-refractivity contribution in [1.29, 1.82) is 0 Å². The maximum atomic E-state index is 13.1. The van der Waals surface area contributed by atoms with E-state index in [2.05, 4.69) is 51.2 Å². The van der Waals surface area contributed by atoms with Gasteiger partial charge in [-0.3, -0.25) is 14.7 Å². The number of carbonyl (C=O) groups is 1. The van der Waals surface area contributed by atoms with Gasteiger partial charge >= 0.3 is 0 Å². The average Bonchev–Trinajstić information content (AvgIpc) is 2.68. The van der Waals surface area contributed by atoms with E-state index in [-0.39, 0.29) is 5.92 Å². The summed E-state index contributed by atoms with van der Waals surface area (Å²) in [5.74, 6) is 0.481. The highest BCUT2D eigenvalue weighted by Crippen LogP contribution is 2.24. The van der Waals surface area contributed by atoms with Gasteiger partial charge in [-0.2, -0.15) is 0 Å². The highest BCUT2D eigenvalue weighted by Gasteiger charge is 2.30. The molecule has 4 heteroatoms. The second kappa shape index (κ2) is 7.36. The molecule has 0 N–H and O–H groups in total. The lowest BCUT2D eigenvalue weighted by molar-refractivity contribution is -0.138. The minimum absolute atomic E-state index is 0.140. The van der Waals surface area contributed by atoms with Crippen molar-refractivity contribution in [2.24, 2.45) is 5.92 Å². The zero-order valence-corrected chi connectivity index (χ0v) is 14.6. The monoisotopic (exact) mass is 335 g/mol. The van der Waals surface area contributed by atoms with Crippen molar-refractivity contribution in [2.45, 2.75) is 32.4 Å². The molecule has 1 aromatic heterocycles. The summed E-state index contributed by atoms with van der Waals surface area (Å²) in [6.45, 7) is 4.50. The lowest BCUT2D eigenvalue weighted by Gasteiger charge is -2.36. The Kier molecular flexibility index (Phi) is 4.79. The summed E-state index contributed by atoms with van der Waals surface area (Å²) in [6, 6.07) is 12.6. The Bertz CT molecular complexity index is 731. The van der Waals surface area contributed by atoms with Gasteiger partial charge < -0.3 is 4.90 Å². The molecule has 4 rings (SSSR count). The molecule has 130 valence electrons. The molecule has 0 radical (unpaired) electrons. The van der Waals surface area contributed by atoms with E-state index >= 15 is 0 Å². The molecule has 1 amide bonds. The minimum atomic E-state index is 0.140. The minimum Gasteiger partial charge on any atom is -0.338 e. The fourth-order valence-electron chi connectivity index (χ4n) is 4.09. The first-order valence-electron chi connectivity index (χ1n) is 9.26.